The van der Waals surface area contributed by atoms with Gasteiger partial charge in [-0.05, 0) is 36.8 Å². The van der Waals surface area contributed by atoms with Crippen molar-refractivity contribution < 1.29 is 9.18 Å². The molecule has 0 saturated carbocycles. The highest BCUT2D eigenvalue weighted by Gasteiger charge is 2.19. The summed E-state index contributed by atoms with van der Waals surface area (Å²) in [5, 5.41) is 7.13. The summed E-state index contributed by atoms with van der Waals surface area (Å²) in [5.74, 6) is 0.0286. The van der Waals surface area contributed by atoms with Crippen LogP contribution in [0, 0.1) is 5.82 Å². The maximum atomic E-state index is 13.5. The molecule has 1 N–H and O–H groups in total. The first-order valence-electron chi connectivity index (χ1n) is 7.46. The molecular formula is C17H17FN4O. The van der Waals surface area contributed by atoms with Crippen LogP contribution in [-0.2, 0) is 0 Å². The molecule has 118 valence electrons. The van der Waals surface area contributed by atoms with Gasteiger partial charge in [-0.2, -0.15) is 5.10 Å². The monoisotopic (exact) mass is 312 g/mol. The molecule has 0 unspecified atom stereocenters. The summed E-state index contributed by atoms with van der Waals surface area (Å²) in [5.41, 5.74) is 1.00. The van der Waals surface area contributed by atoms with E-state index < -0.39 is 0 Å². The third-order valence-electron chi connectivity index (χ3n) is 3.43. The molecule has 0 atom stereocenters. The zero-order valence-corrected chi connectivity index (χ0v) is 12.7. The van der Waals surface area contributed by atoms with Crippen molar-refractivity contribution >= 4 is 5.91 Å². The van der Waals surface area contributed by atoms with Gasteiger partial charge in [-0.15, -0.1) is 0 Å². The molecule has 0 spiro atoms. The highest BCUT2D eigenvalue weighted by Crippen LogP contribution is 2.20. The fraction of sp³-hybridized carbons (Fsp3) is 0.176. The van der Waals surface area contributed by atoms with E-state index in [0.29, 0.717) is 23.6 Å². The first kappa shape index (κ1) is 15.0. The summed E-state index contributed by atoms with van der Waals surface area (Å²) in [7, 11) is 0. The van der Waals surface area contributed by atoms with Gasteiger partial charge in [0.15, 0.2) is 5.82 Å². The van der Waals surface area contributed by atoms with Crippen molar-refractivity contribution in [2.45, 2.75) is 13.3 Å². The quantitative estimate of drug-likeness (QED) is 0.787. The van der Waals surface area contributed by atoms with E-state index in [-0.39, 0.29) is 11.7 Å². The predicted molar refractivity (Wildman–Crippen MR) is 85.5 cm³/mol. The average Bonchev–Trinajstić information content (AvgIpc) is 3.21. The van der Waals surface area contributed by atoms with Crippen molar-refractivity contribution in [3.05, 3.63) is 66.4 Å². The van der Waals surface area contributed by atoms with Gasteiger partial charge in [-0.25, -0.2) is 9.07 Å². The van der Waals surface area contributed by atoms with Crippen LogP contribution in [0.3, 0.4) is 0 Å². The number of nitrogens with zero attached hydrogens (tertiary/aromatic N) is 3. The van der Waals surface area contributed by atoms with Crippen molar-refractivity contribution in [1.82, 2.24) is 19.7 Å². The fourth-order valence-corrected chi connectivity index (χ4v) is 2.36. The molecule has 1 aromatic carbocycles. The minimum Gasteiger partial charge on any atom is -0.352 e. The Morgan fingerprint density at radius 3 is 2.74 bits per heavy atom. The standard InChI is InChI=1S/C17H17FN4O/c1-2-8-19-16(23)15-12-20-22(14-7-5-6-13(18)11-14)17(15)21-9-3-4-10-21/h3-7,9-12H,2,8H2,1H3,(H,19,23). The average molecular weight is 312 g/mol. The molecule has 0 aliphatic heterocycles. The number of hydrogen-bond acceptors (Lipinski definition) is 2. The molecule has 0 aliphatic carbocycles. The molecule has 0 fully saturated rings. The van der Waals surface area contributed by atoms with Crippen LogP contribution >= 0.6 is 0 Å². The molecule has 0 radical (unpaired) electrons. The molecule has 3 rings (SSSR count). The van der Waals surface area contributed by atoms with Crippen LogP contribution in [0.25, 0.3) is 11.5 Å². The highest BCUT2D eigenvalue weighted by molar-refractivity contribution is 5.97. The van der Waals surface area contributed by atoms with Crippen LogP contribution in [-0.4, -0.2) is 26.8 Å². The van der Waals surface area contributed by atoms with Gasteiger partial charge in [0.1, 0.15) is 11.4 Å². The van der Waals surface area contributed by atoms with E-state index in [0.717, 1.165) is 6.42 Å². The smallest absolute Gasteiger partial charge is 0.256 e. The number of halogens is 1. The molecule has 6 heteroatoms. The first-order chi connectivity index (χ1) is 11.2. The summed E-state index contributed by atoms with van der Waals surface area (Å²) >= 11 is 0. The minimum absolute atomic E-state index is 0.196. The van der Waals surface area contributed by atoms with Crippen LogP contribution in [0.4, 0.5) is 4.39 Å². The van der Waals surface area contributed by atoms with Gasteiger partial charge >= 0.3 is 0 Å². The minimum atomic E-state index is -0.353. The topological polar surface area (TPSA) is 51.9 Å². The highest BCUT2D eigenvalue weighted by atomic mass is 19.1. The van der Waals surface area contributed by atoms with Gasteiger partial charge in [0.2, 0.25) is 0 Å². The number of aromatic nitrogens is 3. The Morgan fingerprint density at radius 1 is 1.26 bits per heavy atom. The van der Waals surface area contributed by atoms with Gasteiger partial charge in [0.05, 0.1) is 11.9 Å². The third-order valence-corrected chi connectivity index (χ3v) is 3.43. The Hall–Kier alpha value is -2.89. The summed E-state index contributed by atoms with van der Waals surface area (Å²) in [6.07, 6.45) is 6.00. The second kappa shape index (κ2) is 6.48. The van der Waals surface area contributed by atoms with Crippen LogP contribution in [0.15, 0.2) is 55.0 Å². The van der Waals surface area contributed by atoms with Crippen LogP contribution < -0.4 is 5.32 Å². The van der Waals surface area contributed by atoms with E-state index in [2.05, 4.69) is 10.4 Å². The van der Waals surface area contributed by atoms with Crippen molar-refractivity contribution in [2.24, 2.45) is 0 Å². The van der Waals surface area contributed by atoms with Gasteiger partial charge < -0.3 is 9.88 Å². The number of benzene rings is 1. The normalized spacial score (nSPS) is 10.7. The van der Waals surface area contributed by atoms with E-state index >= 15 is 0 Å². The zero-order chi connectivity index (χ0) is 16.2. The van der Waals surface area contributed by atoms with Gasteiger partial charge in [0.25, 0.3) is 5.91 Å². The fourth-order valence-electron chi connectivity index (χ4n) is 2.36. The van der Waals surface area contributed by atoms with Gasteiger partial charge in [-0.1, -0.05) is 13.0 Å². The number of carbonyl (C=O) groups excluding carboxylic acids is 1. The summed E-state index contributed by atoms with van der Waals surface area (Å²) in [6.45, 7) is 2.58. The Balaban J connectivity index is 2.11. The van der Waals surface area contributed by atoms with Crippen molar-refractivity contribution in [2.75, 3.05) is 6.54 Å². The number of hydrogen-bond donors (Lipinski definition) is 1. The summed E-state index contributed by atoms with van der Waals surface area (Å²) in [4.78, 5) is 12.4. The summed E-state index contributed by atoms with van der Waals surface area (Å²) < 4.78 is 16.9. The van der Waals surface area contributed by atoms with Crippen LogP contribution in [0.2, 0.25) is 0 Å². The Kier molecular flexibility index (Phi) is 4.23. The van der Waals surface area contributed by atoms with Crippen LogP contribution in [0.5, 0.6) is 0 Å². The number of amides is 1. The second-order valence-corrected chi connectivity index (χ2v) is 5.12. The summed E-state index contributed by atoms with van der Waals surface area (Å²) in [6, 6.07) is 9.83. The third kappa shape index (κ3) is 3.01. The lowest BCUT2D eigenvalue weighted by atomic mass is 10.2. The van der Waals surface area contributed by atoms with Crippen molar-refractivity contribution in [1.29, 1.82) is 0 Å². The lowest BCUT2D eigenvalue weighted by molar-refractivity contribution is 0.0953. The zero-order valence-electron chi connectivity index (χ0n) is 12.7. The Labute approximate surface area is 133 Å². The number of nitrogens with one attached hydrogen (secondary N) is 1. The van der Waals surface area contributed by atoms with Crippen molar-refractivity contribution in [3.8, 4) is 11.5 Å². The molecule has 2 aromatic heterocycles. The van der Waals surface area contributed by atoms with E-state index in [1.54, 1.807) is 21.4 Å². The lowest BCUT2D eigenvalue weighted by Gasteiger charge is -2.11. The maximum Gasteiger partial charge on any atom is 0.256 e. The van der Waals surface area contributed by atoms with E-state index in [9.17, 15) is 9.18 Å². The van der Waals surface area contributed by atoms with E-state index in [4.69, 9.17) is 0 Å². The second-order valence-electron chi connectivity index (χ2n) is 5.12. The van der Waals surface area contributed by atoms with E-state index in [1.807, 2.05) is 31.5 Å². The molecule has 0 saturated heterocycles. The molecule has 1 amide bonds. The number of rotatable bonds is 5. The van der Waals surface area contributed by atoms with Crippen LogP contribution in [0.1, 0.15) is 23.7 Å². The molecule has 5 nitrogen and oxygen atoms in total. The van der Waals surface area contributed by atoms with Crippen molar-refractivity contribution in [3.63, 3.8) is 0 Å². The van der Waals surface area contributed by atoms with E-state index in [1.165, 1.54) is 18.3 Å². The largest absolute Gasteiger partial charge is 0.352 e. The molecule has 0 aliphatic rings. The Morgan fingerprint density at radius 2 is 2.04 bits per heavy atom. The SMILES string of the molecule is CCCNC(=O)c1cnn(-c2cccc(F)c2)c1-n1cccc1. The Bertz CT molecular complexity index is 808. The molecule has 0 bridgehead atoms. The number of carbonyl (C=O) groups is 1. The predicted octanol–water partition coefficient (Wildman–Crippen LogP) is 2.94. The van der Waals surface area contributed by atoms with Gasteiger partial charge in [0, 0.05) is 18.9 Å². The van der Waals surface area contributed by atoms with Gasteiger partial charge in [-0.3, -0.25) is 4.79 Å². The molecule has 23 heavy (non-hydrogen) atoms. The molecular weight excluding hydrogens is 295 g/mol. The maximum absolute atomic E-state index is 13.5. The lowest BCUT2D eigenvalue weighted by Crippen LogP contribution is -2.25. The first-order valence-corrected chi connectivity index (χ1v) is 7.46. The molecule has 3 aromatic rings. The molecule has 2 heterocycles.